The molecule has 0 bridgehead atoms. The first-order valence-electron chi connectivity index (χ1n) is 15.6. The maximum absolute atomic E-state index is 13.8. The van der Waals surface area contributed by atoms with Gasteiger partial charge in [0.15, 0.2) is 11.6 Å². The van der Waals surface area contributed by atoms with Gasteiger partial charge in [-0.15, -0.1) is 11.3 Å². The van der Waals surface area contributed by atoms with Gasteiger partial charge in [0.1, 0.15) is 6.61 Å². The molecule has 238 valence electrons. The van der Waals surface area contributed by atoms with Gasteiger partial charge in [0.05, 0.1) is 39.4 Å². The lowest BCUT2D eigenvalue weighted by Crippen LogP contribution is -2.57. The average molecular weight is 659 g/mol. The van der Waals surface area contributed by atoms with E-state index in [1.54, 1.807) is 47.9 Å². The minimum absolute atomic E-state index is 0.0442. The zero-order chi connectivity index (χ0) is 31.3. The number of morpholine rings is 2. The Morgan fingerprint density at radius 3 is 2.48 bits per heavy atom. The summed E-state index contributed by atoms with van der Waals surface area (Å²) >= 11 is 1.71. The van der Waals surface area contributed by atoms with Gasteiger partial charge in [0.25, 0.3) is 10.0 Å². The number of hydrogen-bond donors (Lipinski definition) is 1. The van der Waals surface area contributed by atoms with Gasteiger partial charge < -0.3 is 19.7 Å². The molecular weight excluding hydrogens is 625 g/mol. The predicted molar refractivity (Wildman–Crippen MR) is 177 cm³/mol. The second kappa shape index (κ2) is 11.7. The fraction of sp³-hybridized carbons (Fsp3) is 0.364. The Kier molecular flexibility index (Phi) is 7.53. The number of carbonyl (C=O) groups excluding carboxylic acids is 1. The number of anilines is 1. The second-order valence-electron chi connectivity index (χ2n) is 12.1. The van der Waals surface area contributed by atoms with Gasteiger partial charge in [-0.3, -0.25) is 9.69 Å². The molecule has 3 fully saturated rings. The number of ether oxygens (including phenoxy) is 2. The summed E-state index contributed by atoms with van der Waals surface area (Å²) in [7, 11) is -3.85. The van der Waals surface area contributed by atoms with E-state index in [0.717, 1.165) is 53.9 Å². The molecule has 3 aliphatic rings. The van der Waals surface area contributed by atoms with Crippen molar-refractivity contribution in [2.75, 3.05) is 57.4 Å². The predicted octanol–water partition coefficient (Wildman–Crippen LogP) is 3.87. The van der Waals surface area contributed by atoms with Crippen LogP contribution in [0.5, 0.6) is 0 Å². The SMILES string of the molecule is O=C1COC2(CCN(Cc3cc4nc(-c5cn(S(=O)(=O)c6ccccc6)c6ccccc56)nc(N5CCOCC5)c4s3)CC2)CN1. The van der Waals surface area contributed by atoms with Crippen LogP contribution in [0, 0.1) is 0 Å². The number of aromatic nitrogens is 3. The number of fused-ring (bicyclic) bond motifs is 2. The quantitative estimate of drug-likeness (QED) is 0.290. The number of hydrogen-bond acceptors (Lipinski definition) is 10. The molecule has 1 N–H and O–H groups in total. The van der Waals surface area contributed by atoms with Crippen molar-refractivity contribution in [2.24, 2.45) is 0 Å². The van der Waals surface area contributed by atoms with Gasteiger partial charge in [-0.25, -0.2) is 22.4 Å². The molecule has 0 unspecified atom stereocenters. The summed E-state index contributed by atoms with van der Waals surface area (Å²) in [4.78, 5) is 27.9. The first-order valence-corrected chi connectivity index (χ1v) is 17.8. The van der Waals surface area contributed by atoms with Crippen molar-refractivity contribution in [1.82, 2.24) is 24.2 Å². The number of nitrogens with zero attached hydrogens (tertiary/aromatic N) is 5. The van der Waals surface area contributed by atoms with E-state index in [2.05, 4.69) is 21.2 Å². The van der Waals surface area contributed by atoms with E-state index in [4.69, 9.17) is 19.4 Å². The molecule has 0 saturated carbocycles. The number of nitrogens with one attached hydrogen (secondary N) is 1. The smallest absolute Gasteiger partial charge is 0.268 e. The van der Waals surface area contributed by atoms with Gasteiger partial charge in [-0.05, 0) is 37.1 Å². The standard InChI is InChI=1S/C33H34N6O5S2/c40-29-21-44-33(22-34-29)10-12-37(13-11-33)19-23-18-27-30(45-23)32(38-14-16-43-17-15-38)36-31(35-27)26-20-39(28-9-5-4-8-25(26)28)46(41,42)24-6-2-1-3-7-24/h1-9,18,20H,10-17,19,21-22H2,(H,34,40). The highest BCUT2D eigenvalue weighted by Crippen LogP contribution is 2.38. The first-order chi connectivity index (χ1) is 22.4. The highest BCUT2D eigenvalue weighted by Gasteiger charge is 2.39. The highest BCUT2D eigenvalue weighted by atomic mass is 32.2. The lowest BCUT2D eigenvalue weighted by atomic mass is 9.90. The van der Waals surface area contributed by atoms with Crippen LogP contribution in [0.3, 0.4) is 0 Å². The maximum Gasteiger partial charge on any atom is 0.268 e. The third kappa shape index (κ3) is 5.35. The fourth-order valence-electron chi connectivity index (χ4n) is 6.63. The van der Waals surface area contributed by atoms with E-state index >= 15 is 0 Å². The van der Waals surface area contributed by atoms with E-state index in [9.17, 15) is 13.2 Å². The zero-order valence-corrected chi connectivity index (χ0v) is 26.9. The van der Waals surface area contributed by atoms with Crippen molar-refractivity contribution in [3.8, 4) is 11.4 Å². The van der Waals surface area contributed by atoms with E-state index in [1.807, 2.05) is 24.3 Å². The van der Waals surface area contributed by atoms with E-state index < -0.39 is 10.0 Å². The Morgan fingerprint density at radius 2 is 1.72 bits per heavy atom. The molecule has 1 amide bonds. The van der Waals surface area contributed by atoms with Gasteiger partial charge in [-0.1, -0.05) is 36.4 Å². The third-order valence-corrected chi connectivity index (χ3v) is 12.0. The van der Waals surface area contributed by atoms with Crippen LogP contribution in [0.15, 0.2) is 71.8 Å². The maximum atomic E-state index is 13.8. The molecule has 0 radical (unpaired) electrons. The van der Waals surface area contributed by atoms with Crippen LogP contribution in [0.25, 0.3) is 32.5 Å². The fourth-order valence-corrected chi connectivity index (χ4v) is 9.17. The van der Waals surface area contributed by atoms with Crippen LogP contribution < -0.4 is 10.2 Å². The van der Waals surface area contributed by atoms with Gasteiger partial charge in [0.2, 0.25) is 5.91 Å². The second-order valence-corrected chi connectivity index (χ2v) is 15.0. The van der Waals surface area contributed by atoms with Crippen LogP contribution in [0.1, 0.15) is 17.7 Å². The monoisotopic (exact) mass is 658 g/mol. The number of benzene rings is 2. The minimum Gasteiger partial charge on any atom is -0.378 e. The first kappa shape index (κ1) is 29.5. The molecule has 3 saturated heterocycles. The molecule has 3 aliphatic heterocycles. The number of likely N-dealkylation sites (tertiary alicyclic amines) is 1. The summed E-state index contributed by atoms with van der Waals surface area (Å²) in [6, 6.07) is 18.1. The van der Waals surface area contributed by atoms with Crippen molar-refractivity contribution in [3.05, 3.63) is 71.7 Å². The Bertz CT molecular complexity index is 2020. The van der Waals surface area contributed by atoms with Crippen molar-refractivity contribution < 1.29 is 22.7 Å². The van der Waals surface area contributed by atoms with E-state index in [1.165, 1.54) is 8.85 Å². The number of piperidine rings is 1. The number of thiophene rings is 1. The molecule has 0 atom stereocenters. The van der Waals surface area contributed by atoms with Crippen LogP contribution in [0.2, 0.25) is 0 Å². The molecule has 1 spiro atoms. The summed E-state index contributed by atoms with van der Waals surface area (Å²) in [6.45, 7) is 5.93. The molecule has 11 nitrogen and oxygen atoms in total. The Morgan fingerprint density at radius 1 is 0.957 bits per heavy atom. The number of amides is 1. The lowest BCUT2D eigenvalue weighted by Gasteiger charge is -2.43. The van der Waals surface area contributed by atoms with Crippen molar-refractivity contribution in [2.45, 2.75) is 29.9 Å². The Balaban J connectivity index is 1.16. The molecule has 13 heteroatoms. The highest BCUT2D eigenvalue weighted by molar-refractivity contribution is 7.90. The van der Waals surface area contributed by atoms with E-state index in [-0.39, 0.29) is 23.0 Å². The lowest BCUT2D eigenvalue weighted by molar-refractivity contribution is -0.150. The van der Waals surface area contributed by atoms with Crippen molar-refractivity contribution in [1.29, 1.82) is 0 Å². The van der Waals surface area contributed by atoms with Crippen LogP contribution in [-0.4, -0.2) is 91.3 Å². The van der Waals surface area contributed by atoms with Crippen LogP contribution >= 0.6 is 11.3 Å². The summed E-state index contributed by atoms with van der Waals surface area (Å²) in [6.07, 6.45) is 3.40. The Labute approximate surface area is 270 Å². The number of carbonyl (C=O) groups is 1. The van der Waals surface area contributed by atoms with Gasteiger partial charge in [0, 0.05) is 61.3 Å². The van der Waals surface area contributed by atoms with Crippen molar-refractivity contribution in [3.63, 3.8) is 0 Å². The molecule has 3 aromatic heterocycles. The summed E-state index contributed by atoms with van der Waals surface area (Å²) in [5.41, 5.74) is 1.83. The molecule has 2 aromatic carbocycles. The Hall–Kier alpha value is -3.88. The molecule has 46 heavy (non-hydrogen) atoms. The number of para-hydroxylation sites is 1. The third-order valence-electron chi connectivity index (χ3n) is 9.20. The largest absolute Gasteiger partial charge is 0.378 e. The molecule has 0 aliphatic carbocycles. The molecule has 8 rings (SSSR count). The summed E-state index contributed by atoms with van der Waals surface area (Å²) in [5, 5.41) is 3.74. The molecule has 6 heterocycles. The van der Waals surface area contributed by atoms with Gasteiger partial charge in [-0.2, -0.15) is 0 Å². The van der Waals surface area contributed by atoms with Crippen LogP contribution in [-0.2, 0) is 30.8 Å². The summed E-state index contributed by atoms with van der Waals surface area (Å²) < 4.78 is 41.6. The average Bonchev–Trinajstić information content (AvgIpc) is 3.69. The van der Waals surface area contributed by atoms with Crippen LogP contribution in [0.4, 0.5) is 5.82 Å². The minimum atomic E-state index is -3.85. The molecule has 5 aromatic rings. The normalized spacial score (nSPS) is 19.2. The van der Waals surface area contributed by atoms with Crippen molar-refractivity contribution >= 4 is 54.2 Å². The summed E-state index contributed by atoms with van der Waals surface area (Å²) in [5.74, 6) is 1.30. The molecular formula is C33H34N6O5S2. The van der Waals surface area contributed by atoms with E-state index in [0.29, 0.717) is 49.8 Å². The zero-order valence-electron chi connectivity index (χ0n) is 25.2. The van der Waals surface area contributed by atoms with Gasteiger partial charge >= 0.3 is 0 Å². The number of rotatable bonds is 6. The topological polar surface area (TPSA) is 119 Å².